The summed E-state index contributed by atoms with van der Waals surface area (Å²) >= 11 is 0. The number of rotatable bonds is 4. The Hall–Kier alpha value is -3.63. The molecule has 1 aliphatic rings. The van der Waals surface area contributed by atoms with Crippen LogP contribution in [0, 0.1) is 5.82 Å². The van der Waals surface area contributed by atoms with Crippen LogP contribution in [-0.4, -0.2) is 28.9 Å². The van der Waals surface area contributed by atoms with Gasteiger partial charge in [0.2, 0.25) is 5.89 Å². The van der Waals surface area contributed by atoms with Crippen molar-refractivity contribution in [3.05, 3.63) is 75.1 Å². The number of imidazole rings is 1. The van der Waals surface area contributed by atoms with Crippen molar-refractivity contribution in [1.82, 2.24) is 28.9 Å². The Morgan fingerprint density at radius 3 is 2.60 bits per heavy atom. The molecule has 154 valence electrons. The molecule has 0 N–H and O–H groups in total. The highest BCUT2D eigenvalue weighted by Gasteiger charge is 2.48. The number of benzene rings is 1. The summed E-state index contributed by atoms with van der Waals surface area (Å²) in [5, 5.41) is 4.13. The molecular weight excluding hydrogens is 398 g/mol. The lowest BCUT2D eigenvalue weighted by molar-refractivity contribution is 0.00174. The van der Waals surface area contributed by atoms with E-state index < -0.39 is 23.3 Å². The normalized spacial score (nSPS) is 21.1. The number of nitrogens with zero attached hydrogens (tertiary/aromatic N) is 6. The van der Waals surface area contributed by atoms with E-state index >= 15 is 4.39 Å². The summed E-state index contributed by atoms with van der Waals surface area (Å²) in [6, 6.07) is 4.72. The molecule has 0 amide bonds. The van der Waals surface area contributed by atoms with Crippen molar-refractivity contribution >= 4 is 11.2 Å². The molecule has 0 radical (unpaired) electrons. The zero-order valence-corrected chi connectivity index (χ0v) is 15.8. The monoisotopic (exact) mass is 414 g/mol. The molecule has 3 aromatic heterocycles. The predicted molar refractivity (Wildman–Crippen MR) is 100 cm³/mol. The average Bonchev–Trinajstić information content (AvgIpc) is 3.25. The van der Waals surface area contributed by atoms with Gasteiger partial charge in [-0.05, 0) is 17.7 Å². The first-order valence-electron chi connectivity index (χ1n) is 9.24. The van der Waals surface area contributed by atoms with E-state index in [1.807, 2.05) is 0 Å². The summed E-state index contributed by atoms with van der Waals surface area (Å²) < 4.78 is 37.2. The summed E-state index contributed by atoms with van der Waals surface area (Å²) in [5.74, 6) is -1.15. The maximum absolute atomic E-state index is 15.0. The molecule has 3 heterocycles. The highest BCUT2D eigenvalue weighted by atomic mass is 19.1. The van der Waals surface area contributed by atoms with Crippen molar-refractivity contribution in [1.29, 1.82) is 0 Å². The van der Waals surface area contributed by atoms with E-state index in [0.29, 0.717) is 16.7 Å². The van der Waals surface area contributed by atoms with Crippen molar-refractivity contribution in [3.8, 4) is 0 Å². The minimum Gasteiger partial charge on any atom is -0.390 e. The summed E-state index contributed by atoms with van der Waals surface area (Å²) in [7, 11) is 1.68. The van der Waals surface area contributed by atoms with Gasteiger partial charge < -0.3 is 8.98 Å². The van der Waals surface area contributed by atoms with Crippen LogP contribution in [0.1, 0.15) is 30.3 Å². The molecule has 9 nitrogen and oxygen atoms in total. The van der Waals surface area contributed by atoms with E-state index in [2.05, 4.69) is 15.1 Å². The second-order valence-corrected chi connectivity index (χ2v) is 7.45. The first kappa shape index (κ1) is 18.4. The number of halogens is 2. The zero-order valence-electron chi connectivity index (χ0n) is 15.8. The molecule has 0 spiro atoms. The van der Waals surface area contributed by atoms with Gasteiger partial charge in [-0.1, -0.05) is 12.1 Å². The highest BCUT2D eigenvalue weighted by molar-refractivity contribution is 5.68. The van der Waals surface area contributed by atoms with Gasteiger partial charge in [0.1, 0.15) is 24.4 Å². The molecule has 1 aliphatic carbocycles. The van der Waals surface area contributed by atoms with E-state index in [0.717, 1.165) is 4.68 Å². The summed E-state index contributed by atoms with van der Waals surface area (Å²) in [4.78, 5) is 32.9. The van der Waals surface area contributed by atoms with Crippen LogP contribution in [0.3, 0.4) is 0 Å². The second-order valence-electron chi connectivity index (χ2n) is 7.45. The molecular formula is C19H16F2N6O3. The quantitative estimate of drug-likeness (QED) is 0.504. The number of aryl methyl sites for hydroxylation is 1. The Kier molecular flexibility index (Phi) is 3.95. The standard InChI is InChI=1S/C19H16F2N6O3/c1-25-9-22-16-15(25)17(28)26(10-23-16)8-14-24-27(18(29)30-14)13-6-19(21,7-13)11-2-4-12(20)5-3-11/h2-5,9-10,13H,6-8H2,1H3/t13-,19+. The summed E-state index contributed by atoms with van der Waals surface area (Å²) in [6.45, 7) is -0.0966. The van der Waals surface area contributed by atoms with Crippen molar-refractivity contribution < 1.29 is 13.2 Å². The minimum absolute atomic E-state index is 0.0172. The summed E-state index contributed by atoms with van der Waals surface area (Å²) in [5.41, 5.74) is -0.999. The topological polar surface area (TPSA) is 101 Å². The molecule has 1 saturated carbocycles. The third-order valence-electron chi connectivity index (χ3n) is 5.44. The minimum atomic E-state index is -1.65. The first-order chi connectivity index (χ1) is 14.3. The van der Waals surface area contributed by atoms with Crippen LogP contribution >= 0.6 is 0 Å². The Labute approximate surface area is 167 Å². The largest absolute Gasteiger partial charge is 0.437 e. The van der Waals surface area contributed by atoms with Crippen LogP contribution in [0.2, 0.25) is 0 Å². The maximum Gasteiger partial charge on any atom is 0.437 e. The number of aromatic nitrogens is 6. The number of hydrogen-bond acceptors (Lipinski definition) is 6. The van der Waals surface area contributed by atoms with E-state index in [4.69, 9.17) is 4.42 Å². The van der Waals surface area contributed by atoms with Crippen molar-refractivity contribution in [2.45, 2.75) is 31.1 Å². The molecule has 0 atom stereocenters. The zero-order chi connectivity index (χ0) is 21.0. The van der Waals surface area contributed by atoms with Crippen LogP contribution in [0.5, 0.6) is 0 Å². The Morgan fingerprint density at radius 2 is 1.87 bits per heavy atom. The maximum atomic E-state index is 15.0. The molecule has 0 bridgehead atoms. The van der Waals surface area contributed by atoms with Gasteiger partial charge in [-0.2, -0.15) is 4.68 Å². The molecule has 1 aromatic carbocycles. The van der Waals surface area contributed by atoms with Gasteiger partial charge in [-0.15, -0.1) is 5.10 Å². The fraction of sp³-hybridized carbons (Fsp3) is 0.316. The fourth-order valence-electron chi connectivity index (χ4n) is 3.80. The van der Waals surface area contributed by atoms with Gasteiger partial charge in [0, 0.05) is 19.9 Å². The lowest BCUT2D eigenvalue weighted by atomic mass is 9.73. The van der Waals surface area contributed by atoms with Crippen LogP contribution < -0.4 is 11.3 Å². The van der Waals surface area contributed by atoms with Crippen molar-refractivity contribution in [2.24, 2.45) is 7.05 Å². The molecule has 5 rings (SSSR count). The van der Waals surface area contributed by atoms with Gasteiger partial charge in [-0.25, -0.2) is 23.5 Å². The molecule has 0 unspecified atom stereocenters. The second kappa shape index (κ2) is 6.44. The third kappa shape index (κ3) is 2.85. The SMILES string of the molecule is Cn1cnc2ncn(Cc3nn([C@H]4C[C@](F)(c5ccc(F)cc5)C4)c(=O)o3)c(=O)c21. The molecule has 11 heteroatoms. The predicted octanol–water partition coefficient (Wildman–Crippen LogP) is 1.67. The summed E-state index contributed by atoms with van der Waals surface area (Å²) in [6.07, 6.45) is 2.83. The lowest BCUT2D eigenvalue weighted by Gasteiger charge is -2.40. The van der Waals surface area contributed by atoms with Crippen molar-refractivity contribution in [3.63, 3.8) is 0 Å². The van der Waals surface area contributed by atoms with Crippen LogP contribution in [0.4, 0.5) is 8.78 Å². The van der Waals surface area contributed by atoms with Gasteiger partial charge in [0.15, 0.2) is 11.2 Å². The van der Waals surface area contributed by atoms with Gasteiger partial charge in [0.25, 0.3) is 5.56 Å². The smallest absolute Gasteiger partial charge is 0.390 e. The third-order valence-corrected chi connectivity index (χ3v) is 5.44. The first-order valence-corrected chi connectivity index (χ1v) is 9.24. The van der Waals surface area contributed by atoms with Gasteiger partial charge in [0.05, 0.1) is 12.4 Å². The van der Waals surface area contributed by atoms with Crippen LogP contribution in [0.25, 0.3) is 11.2 Å². The Balaban J connectivity index is 1.37. The number of fused-ring (bicyclic) bond motifs is 1. The average molecular weight is 414 g/mol. The van der Waals surface area contributed by atoms with E-state index in [-0.39, 0.29) is 30.8 Å². The van der Waals surface area contributed by atoms with Crippen LogP contribution in [0.15, 0.2) is 50.9 Å². The molecule has 30 heavy (non-hydrogen) atoms. The molecule has 0 aliphatic heterocycles. The highest BCUT2D eigenvalue weighted by Crippen LogP contribution is 2.50. The van der Waals surface area contributed by atoms with Gasteiger partial charge >= 0.3 is 5.76 Å². The lowest BCUT2D eigenvalue weighted by Crippen LogP contribution is -2.41. The number of alkyl halides is 1. The molecule has 1 fully saturated rings. The van der Waals surface area contributed by atoms with Crippen molar-refractivity contribution in [2.75, 3.05) is 0 Å². The molecule has 0 saturated heterocycles. The van der Waals surface area contributed by atoms with E-state index in [1.165, 1.54) is 41.5 Å². The van der Waals surface area contributed by atoms with Gasteiger partial charge in [-0.3, -0.25) is 9.36 Å². The number of hydrogen-bond donors (Lipinski definition) is 0. The van der Waals surface area contributed by atoms with E-state index in [9.17, 15) is 14.0 Å². The Bertz CT molecular complexity index is 1360. The van der Waals surface area contributed by atoms with Crippen LogP contribution in [-0.2, 0) is 19.3 Å². The fourth-order valence-corrected chi connectivity index (χ4v) is 3.80. The Morgan fingerprint density at radius 1 is 1.17 bits per heavy atom. The van der Waals surface area contributed by atoms with E-state index in [1.54, 1.807) is 11.6 Å². The molecule has 4 aromatic rings.